The number of allylic oxidation sites excluding steroid dienone is 1. The van der Waals surface area contributed by atoms with Gasteiger partial charge in [-0.2, -0.15) is 0 Å². The van der Waals surface area contributed by atoms with Crippen molar-refractivity contribution >= 4 is 35.1 Å². The van der Waals surface area contributed by atoms with Crippen molar-refractivity contribution in [1.82, 2.24) is 4.90 Å². The molecule has 1 N–H and O–H groups in total. The minimum absolute atomic E-state index is 0.0110. The molecule has 0 spiro atoms. The second kappa shape index (κ2) is 20.1. The summed E-state index contributed by atoms with van der Waals surface area (Å²) in [6.07, 6.45) is -1.65. The Hall–Kier alpha value is -4.97. The SMILES string of the molecule is CC(=O)OC(C(=O)C=C(C(=O)CCCOCC(CO)OCc1ccccc1)c1cccc(C)c1)C(Cc1ccccc1)C(=O)N1C(=O)OC(C)(C)C1C(C)C. The van der Waals surface area contributed by atoms with Crippen LogP contribution in [0.15, 0.2) is 91.0 Å². The molecule has 3 aromatic rings. The van der Waals surface area contributed by atoms with Crippen molar-refractivity contribution in [1.29, 1.82) is 0 Å². The van der Waals surface area contributed by atoms with Crippen molar-refractivity contribution in [2.75, 3.05) is 19.8 Å². The van der Waals surface area contributed by atoms with Crippen molar-refractivity contribution < 1.29 is 48.0 Å². The van der Waals surface area contributed by atoms with Gasteiger partial charge in [-0.15, -0.1) is 0 Å². The summed E-state index contributed by atoms with van der Waals surface area (Å²) in [4.78, 5) is 69.8. The molecule has 3 aromatic carbocycles. The Kier molecular flexibility index (Phi) is 15.6. The zero-order chi connectivity index (χ0) is 40.1. The topological polar surface area (TPSA) is 146 Å². The van der Waals surface area contributed by atoms with Crippen LogP contribution >= 0.6 is 0 Å². The lowest BCUT2D eigenvalue weighted by Gasteiger charge is -2.34. The van der Waals surface area contributed by atoms with Crippen molar-refractivity contribution in [3.63, 3.8) is 0 Å². The van der Waals surface area contributed by atoms with Gasteiger partial charge in [0.05, 0.1) is 31.8 Å². The molecule has 0 radical (unpaired) electrons. The van der Waals surface area contributed by atoms with Gasteiger partial charge in [-0.05, 0) is 62.3 Å². The first-order chi connectivity index (χ1) is 26.2. The molecule has 1 heterocycles. The Balaban J connectivity index is 1.59. The number of aryl methyl sites for hydroxylation is 1. The number of aliphatic hydroxyl groups is 1. The number of rotatable bonds is 20. The van der Waals surface area contributed by atoms with Gasteiger partial charge in [0.1, 0.15) is 11.7 Å². The van der Waals surface area contributed by atoms with Crippen molar-refractivity contribution in [3.05, 3.63) is 113 Å². The number of nitrogens with zero attached hydrogens (tertiary/aromatic N) is 1. The van der Waals surface area contributed by atoms with E-state index >= 15 is 0 Å². The fourth-order valence-electron chi connectivity index (χ4n) is 6.96. The van der Waals surface area contributed by atoms with Crippen LogP contribution in [0.5, 0.6) is 0 Å². The molecular formula is C44H53NO10. The Bertz CT molecular complexity index is 1800. The summed E-state index contributed by atoms with van der Waals surface area (Å²) in [6, 6.07) is 24.9. The first-order valence-corrected chi connectivity index (χ1v) is 18.7. The lowest BCUT2D eigenvalue weighted by atomic mass is 9.85. The van der Waals surface area contributed by atoms with Gasteiger partial charge in [-0.1, -0.05) is 104 Å². The number of esters is 1. The van der Waals surface area contributed by atoms with Crippen LogP contribution in [-0.4, -0.2) is 83.2 Å². The van der Waals surface area contributed by atoms with Gasteiger partial charge >= 0.3 is 12.1 Å². The molecule has 55 heavy (non-hydrogen) atoms. The van der Waals surface area contributed by atoms with E-state index < -0.39 is 53.5 Å². The number of imide groups is 1. The molecule has 0 aliphatic carbocycles. The number of aliphatic hydroxyl groups excluding tert-OH is 1. The molecule has 1 fully saturated rings. The fourth-order valence-corrected chi connectivity index (χ4v) is 6.96. The maximum atomic E-state index is 14.6. The van der Waals surface area contributed by atoms with Crippen LogP contribution in [0.1, 0.15) is 69.7 Å². The van der Waals surface area contributed by atoms with Crippen LogP contribution in [0, 0.1) is 18.8 Å². The van der Waals surface area contributed by atoms with Gasteiger partial charge < -0.3 is 24.1 Å². The molecule has 11 nitrogen and oxygen atoms in total. The van der Waals surface area contributed by atoms with Gasteiger partial charge in [0.25, 0.3) is 0 Å². The third-order valence-corrected chi connectivity index (χ3v) is 9.41. The summed E-state index contributed by atoms with van der Waals surface area (Å²) < 4.78 is 22.8. The van der Waals surface area contributed by atoms with Crippen LogP contribution < -0.4 is 0 Å². The smallest absolute Gasteiger partial charge is 0.417 e. The van der Waals surface area contributed by atoms with Crippen molar-refractivity contribution in [2.24, 2.45) is 11.8 Å². The third kappa shape index (κ3) is 12.0. The summed E-state index contributed by atoms with van der Waals surface area (Å²) >= 11 is 0. The number of hydrogen-bond acceptors (Lipinski definition) is 10. The Morgan fingerprint density at radius 2 is 1.60 bits per heavy atom. The predicted molar refractivity (Wildman–Crippen MR) is 207 cm³/mol. The summed E-state index contributed by atoms with van der Waals surface area (Å²) in [5.41, 5.74) is 2.03. The van der Waals surface area contributed by atoms with Gasteiger partial charge in [0, 0.05) is 25.5 Å². The van der Waals surface area contributed by atoms with Gasteiger partial charge in [-0.25, -0.2) is 9.69 Å². The van der Waals surface area contributed by atoms with E-state index in [1.807, 2.05) is 63.2 Å². The predicted octanol–water partition coefficient (Wildman–Crippen LogP) is 6.46. The third-order valence-electron chi connectivity index (χ3n) is 9.41. The van der Waals surface area contributed by atoms with E-state index in [9.17, 15) is 29.1 Å². The number of cyclic esters (lactones) is 1. The first kappa shape index (κ1) is 42.8. The minimum atomic E-state index is -1.67. The van der Waals surface area contributed by atoms with Crippen LogP contribution in [0.3, 0.4) is 0 Å². The van der Waals surface area contributed by atoms with E-state index in [1.54, 1.807) is 56.3 Å². The molecule has 0 aromatic heterocycles. The van der Waals surface area contributed by atoms with Crippen LogP contribution in [0.2, 0.25) is 0 Å². The molecule has 4 rings (SSSR count). The van der Waals surface area contributed by atoms with Crippen LogP contribution in [0.25, 0.3) is 5.57 Å². The summed E-state index contributed by atoms with van der Waals surface area (Å²) in [5.74, 6) is -4.20. The molecule has 0 saturated carbocycles. The van der Waals surface area contributed by atoms with Gasteiger partial charge in [0.15, 0.2) is 17.7 Å². The number of carbonyl (C=O) groups excluding carboxylic acids is 5. The van der Waals surface area contributed by atoms with E-state index in [-0.39, 0.29) is 49.9 Å². The summed E-state index contributed by atoms with van der Waals surface area (Å²) in [6.45, 7) is 10.6. The summed E-state index contributed by atoms with van der Waals surface area (Å²) in [7, 11) is 0. The molecule has 4 unspecified atom stereocenters. The average Bonchev–Trinajstić information content (AvgIpc) is 3.40. The Morgan fingerprint density at radius 3 is 2.20 bits per heavy atom. The largest absolute Gasteiger partial charge is 0.453 e. The highest BCUT2D eigenvalue weighted by molar-refractivity contribution is 6.25. The lowest BCUT2D eigenvalue weighted by molar-refractivity contribution is -0.159. The monoisotopic (exact) mass is 755 g/mol. The van der Waals surface area contributed by atoms with E-state index in [0.717, 1.165) is 29.0 Å². The second-order valence-electron chi connectivity index (χ2n) is 14.7. The van der Waals surface area contributed by atoms with Gasteiger partial charge in [0.2, 0.25) is 5.91 Å². The van der Waals surface area contributed by atoms with E-state index in [4.69, 9.17) is 18.9 Å². The van der Waals surface area contributed by atoms with Gasteiger partial charge in [-0.3, -0.25) is 19.2 Å². The lowest BCUT2D eigenvalue weighted by Crippen LogP contribution is -2.53. The highest BCUT2D eigenvalue weighted by Gasteiger charge is 2.54. The van der Waals surface area contributed by atoms with E-state index in [1.165, 1.54) is 0 Å². The van der Waals surface area contributed by atoms with Crippen molar-refractivity contribution in [2.45, 2.75) is 91.3 Å². The number of ether oxygens (including phenoxy) is 4. The zero-order valence-electron chi connectivity index (χ0n) is 32.6. The molecule has 0 bridgehead atoms. The Labute approximate surface area is 323 Å². The van der Waals surface area contributed by atoms with Crippen LogP contribution in [0.4, 0.5) is 4.79 Å². The standard InChI is InChI=1S/C44H53NO10/c1-29(2)41-44(5,6)55-43(51)45(41)42(50)37(24-32-16-9-7-10-17-32)40(54-31(4)47)39(49)25-36(34-20-13-15-30(3)23-34)38(48)21-14-22-52-28-35(26-46)53-27-33-18-11-8-12-19-33/h7-13,15-20,23,25,29,35,37,40-41,46H,14,21-22,24,26-28H2,1-6H3. The number of amides is 2. The fraction of sp³-hybridized carbons (Fsp3) is 0.432. The molecule has 4 atom stereocenters. The van der Waals surface area contributed by atoms with E-state index in [0.29, 0.717) is 24.2 Å². The normalized spacial score (nSPS) is 17.0. The molecule has 1 aliphatic heterocycles. The number of Topliss-reactive ketones (excluding diaryl/α,β-unsaturated/α-hetero) is 1. The minimum Gasteiger partial charge on any atom is -0.453 e. The average molecular weight is 756 g/mol. The number of hydrogen-bond donors (Lipinski definition) is 1. The maximum absolute atomic E-state index is 14.6. The van der Waals surface area contributed by atoms with Crippen LogP contribution in [-0.2, 0) is 51.2 Å². The number of benzene rings is 3. The molecule has 11 heteroatoms. The number of carbonyl (C=O) groups is 5. The molecule has 1 saturated heterocycles. The highest BCUT2D eigenvalue weighted by atomic mass is 16.6. The van der Waals surface area contributed by atoms with E-state index in [2.05, 4.69) is 0 Å². The quantitative estimate of drug-likeness (QED) is 0.0775. The molecular weight excluding hydrogens is 702 g/mol. The van der Waals surface area contributed by atoms with Crippen molar-refractivity contribution in [3.8, 4) is 0 Å². The zero-order valence-corrected chi connectivity index (χ0v) is 32.6. The number of ketones is 2. The second-order valence-corrected chi connectivity index (χ2v) is 14.7. The highest BCUT2D eigenvalue weighted by Crippen LogP contribution is 2.36. The summed E-state index contributed by atoms with van der Waals surface area (Å²) in [5, 5.41) is 9.77. The molecule has 294 valence electrons. The first-order valence-electron chi connectivity index (χ1n) is 18.7. The molecule has 1 aliphatic rings. The molecule has 2 amide bonds. The maximum Gasteiger partial charge on any atom is 0.417 e. The Morgan fingerprint density at radius 1 is 0.945 bits per heavy atom.